The standard InChI is InChI=1S/C20H21NO3/c22-15-5-3-12-9-14-13-4-6-16(23)19-20(13,17(12)18(15)24-19)7-8-21(14)10-11-1-2-11/h1,3-6,13-14,16,19,22-23H,2,7-10H2/t13?,14-,16?,19+,20?/m1/s1. The molecule has 5 atom stereocenters. The first-order chi connectivity index (χ1) is 11.7. The van der Waals surface area contributed by atoms with E-state index in [9.17, 15) is 10.2 Å². The van der Waals surface area contributed by atoms with Crippen LogP contribution in [0.15, 0.2) is 35.9 Å². The van der Waals surface area contributed by atoms with Gasteiger partial charge >= 0.3 is 0 Å². The molecule has 0 aromatic heterocycles. The summed E-state index contributed by atoms with van der Waals surface area (Å²) in [5.74, 6) is 1.20. The molecule has 1 aromatic rings. The van der Waals surface area contributed by atoms with Crippen molar-refractivity contribution >= 4 is 0 Å². The molecule has 4 nitrogen and oxygen atoms in total. The van der Waals surface area contributed by atoms with E-state index in [2.05, 4.69) is 23.1 Å². The molecule has 24 heavy (non-hydrogen) atoms. The molecule has 1 fully saturated rings. The molecule has 1 aromatic carbocycles. The van der Waals surface area contributed by atoms with Crippen molar-refractivity contribution in [2.45, 2.75) is 42.9 Å². The number of ether oxygens (including phenoxy) is 1. The second kappa shape index (κ2) is 4.24. The Hall–Kier alpha value is -1.78. The zero-order chi connectivity index (χ0) is 16.1. The second-order valence-corrected chi connectivity index (χ2v) is 7.99. The Labute approximate surface area is 141 Å². The van der Waals surface area contributed by atoms with Crippen LogP contribution in [0, 0.1) is 5.92 Å². The largest absolute Gasteiger partial charge is 0.504 e. The zero-order valence-electron chi connectivity index (χ0n) is 13.5. The number of aromatic hydroxyl groups is 1. The lowest BCUT2D eigenvalue weighted by Gasteiger charge is -2.57. The highest BCUT2D eigenvalue weighted by molar-refractivity contribution is 5.61. The van der Waals surface area contributed by atoms with Gasteiger partial charge in [-0.25, -0.2) is 0 Å². The van der Waals surface area contributed by atoms with Crippen molar-refractivity contribution in [2.75, 3.05) is 13.1 Å². The van der Waals surface area contributed by atoms with Crippen molar-refractivity contribution < 1.29 is 14.9 Å². The Morgan fingerprint density at radius 3 is 3.00 bits per heavy atom. The number of phenolic OH excluding ortho intramolecular Hbond substituents is 1. The fourth-order valence-corrected chi connectivity index (χ4v) is 5.79. The van der Waals surface area contributed by atoms with Crippen molar-refractivity contribution in [3.63, 3.8) is 0 Å². The summed E-state index contributed by atoms with van der Waals surface area (Å²) in [6.45, 7) is 2.12. The first kappa shape index (κ1) is 13.5. The fourth-order valence-electron chi connectivity index (χ4n) is 5.79. The third-order valence-electron chi connectivity index (χ3n) is 6.89. The summed E-state index contributed by atoms with van der Waals surface area (Å²) in [4.78, 5) is 2.63. The van der Waals surface area contributed by atoms with Crippen molar-refractivity contribution in [2.24, 2.45) is 5.92 Å². The minimum absolute atomic E-state index is 0.172. The molecule has 0 radical (unpaired) electrons. The number of hydrogen-bond donors (Lipinski definition) is 2. The molecule has 0 amide bonds. The van der Waals surface area contributed by atoms with Gasteiger partial charge in [-0.05, 0) is 37.4 Å². The van der Waals surface area contributed by atoms with Gasteiger partial charge in [-0.1, -0.05) is 29.9 Å². The van der Waals surface area contributed by atoms with Crippen LogP contribution in [0.5, 0.6) is 11.5 Å². The SMILES string of the molecule is Oc1ccc2c3c1O[C@H]1C(O)C=CC4[C@@H](C2)N(CC2=CC2)CCC341. The van der Waals surface area contributed by atoms with E-state index in [0.717, 1.165) is 25.9 Å². The van der Waals surface area contributed by atoms with Gasteiger partial charge in [0.15, 0.2) is 11.5 Å². The number of aliphatic hydroxyl groups excluding tert-OH is 1. The predicted octanol–water partition coefficient (Wildman–Crippen LogP) is 1.90. The number of phenols is 1. The van der Waals surface area contributed by atoms with Crippen LogP contribution in [-0.2, 0) is 11.8 Å². The smallest absolute Gasteiger partial charge is 0.165 e. The molecule has 1 spiro atoms. The van der Waals surface area contributed by atoms with Crippen LogP contribution in [0.4, 0.5) is 0 Å². The number of benzene rings is 1. The highest BCUT2D eigenvalue weighted by atomic mass is 16.5. The maximum atomic E-state index is 10.6. The third kappa shape index (κ3) is 1.47. The molecule has 2 N–H and O–H groups in total. The molecular formula is C20H21NO3. The molecule has 4 heteroatoms. The Morgan fingerprint density at radius 2 is 2.17 bits per heavy atom. The molecule has 2 bridgehead atoms. The van der Waals surface area contributed by atoms with E-state index < -0.39 is 6.10 Å². The summed E-state index contributed by atoms with van der Waals surface area (Å²) in [5, 5.41) is 20.9. The van der Waals surface area contributed by atoms with Gasteiger partial charge in [-0.15, -0.1) is 0 Å². The van der Waals surface area contributed by atoms with Gasteiger partial charge < -0.3 is 14.9 Å². The van der Waals surface area contributed by atoms with Gasteiger partial charge in [0.05, 0.1) is 0 Å². The molecule has 3 aliphatic carbocycles. The molecule has 6 rings (SSSR count). The van der Waals surface area contributed by atoms with Gasteiger partial charge in [-0.3, -0.25) is 4.90 Å². The van der Waals surface area contributed by atoms with E-state index in [4.69, 9.17) is 4.74 Å². The quantitative estimate of drug-likeness (QED) is 0.816. The fraction of sp³-hybridized carbons (Fsp3) is 0.500. The summed E-state index contributed by atoms with van der Waals surface area (Å²) >= 11 is 0. The van der Waals surface area contributed by atoms with Gasteiger partial charge in [0, 0.05) is 29.5 Å². The van der Waals surface area contributed by atoms with E-state index in [1.807, 2.05) is 6.08 Å². The van der Waals surface area contributed by atoms with E-state index in [-0.39, 0.29) is 17.3 Å². The molecule has 0 saturated carbocycles. The van der Waals surface area contributed by atoms with Crippen molar-refractivity contribution in [3.05, 3.63) is 47.1 Å². The number of piperidine rings is 1. The molecule has 3 unspecified atom stereocenters. The lowest BCUT2D eigenvalue weighted by molar-refractivity contribution is -0.0492. The monoisotopic (exact) mass is 323 g/mol. The zero-order valence-corrected chi connectivity index (χ0v) is 13.5. The average molecular weight is 323 g/mol. The van der Waals surface area contributed by atoms with Crippen LogP contribution < -0.4 is 4.74 Å². The first-order valence-electron chi connectivity index (χ1n) is 8.99. The Kier molecular flexibility index (Phi) is 2.39. The summed E-state index contributed by atoms with van der Waals surface area (Å²) < 4.78 is 6.17. The molecule has 1 saturated heterocycles. The van der Waals surface area contributed by atoms with E-state index in [1.165, 1.54) is 17.5 Å². The Balaban J connectivity index is 1.56. The number of likely N-dealkylation sites (tertiary alicyclic amines) is 1. The highest BCUT2D eigenvalue weighted by Crippen LogP contribution is 2.62. The van der Waals surface area contributed by atoms with Crippen LogP contribution in [0.3, 0.4) is 0 Å². The lowest BCUT2D eigenvalue weighted by atomic mass is 9.53. The van der Waals surface area contributed by atoms with E-state index >= 15 is 0 Å². The normalized spacial score (nSPS) is 40.8. The van der Waals surface area contributed by atoms with Crippen LogP contribution >= 0.6 is 0 Å². The maximum Gasteiger partial charge on any atom is 0.165 e. The Morgan fingerprint density at radius 1 is 1.29 bits per heavy atom. The van der Waals surface area contributed by atoms with Crippen molar-refractivity contribution in [1.82, 2.24) is 4.90 Å². The molecule has 124 valence electrons. The Bertz CT molecular complexity index is 813. The van der Waals surface area contributed by atoms with Gasteiger partial charge in [0.25, 0.3) is 0 Å². The molecular weight excluding hydrogens is 302 g/mol. The van der Waals surface area contributed by atoms with Crippen LogP contribution in [0.1, 0.15) is 24.0 Å². The van der Waals surface area contributed by atoms with Crippen molar-refractivity contribution in [1.29, 1.82) is 0 Å². The second-order valence-electron chi connectivity index (χ2n) is 7.99. The number of rotatable bonds is 2. The van der Waals surface area contributed by atoms with Crippen LogP contribution in [0.2, 0.25) is 0 Å². The minimum atomic E-state index is -0.600. The summed E-state index contributed by atoms with van der Waals surface area (Å²) in [7, 11) is 0. The van der Waals surface area contributed by atoms with Crippen molar-refractivity contribution in [3.8, 4) is 11.5 Å². The van der Waals surface area contributed by atoms with E-state index in [0.29, 0.717) is 17.7 Å². The summed E-state index contributed by atoms with van der Waals surface area (Å²) in [6, 6.07) is 4.28. The summed E-state index contributed by atoms with van der Waals surface area (Å²) in [5.41, 5.74) is 3.86. The molecule has 5 aliphatic rings. The van der Waals surface area contributed by atoms with Crippen LogP contribution in [-0.4, -0.2) is 46.5 Å². The first-order valence-corrected chi connectivity index (χ1v) is 8.99. The molecule has 2 aliphatic heterocycles. The average Bonchev–Trinajstić information content (AvgIpc) is 3.32. The topological polar surface area (TPSA) is 52.9 Å². The van der Waals surface area contributed by atoms with E-state index in [1.54, 1.807) is 11.6 Å². The summed E-state index contributed by atoms with van der Waals surface area (Å²) in [6.07, 6.45) is 8.75. The molecule has 2 heterocycles. The predicted molar refractivity (Wildman–Crippen MR) is 89.2 cm³/mol. The van der Waals surface area contributed by atoms with Crippen LogP contribution in [0.25, 0.3) is 0 Å². The number of allylic oxidation sites excluding steroid dienone is 1. The number of hydrogen-bond acceptors (Lipinski definition) is 4. The number of aliphatic hydroxyl groups is 1. The van der Waals surface area contributed by atoms with Gasteiger partial charge in [-0.2, -0.15) is 0 Å². The minimum Gasteiger partial charge on any atom is -0.504 e. The number of nitrogens with zero attached hydrogens (tertiary/aromatic N) is 1. The highest BCUT2D eigenvalue weighted by Gasteiger charge is 2.64. The lowest BCUT2D eigenvalue weighted by Crippen LogP contribution is -2.65. The third-order valence-corrected chi connectivity index (χ3v) is 6.89. The van der Waals surface area contributed by atoms with Gasteiger partial charge in [0.2, 0.25) is 0 Å². The maximum absolute atomic E-state index is 10.6. The van der Waals surface area contributed by atoms with Gasteiger partial charge in [0.1, 0.15) is 12.2 Å².